The van der Waals surface area contributed by atoms with Gasteiger partial charge in [0.1, 0.15) is 17.2 Å². The van der Waals surface area contributed by atoms with E-state index in [9.17, 15) is 0 Å². The number of oxazole rings is 1. The third-order valence-electron chi connectivity index (χ3n) is 6.75. The Balaban J connectivity index is 1.49. The van der Waals surface area contributed by atoms with E-state index in [1.807, 2.05) is 52.0 Å². The number of nitrogens with one attached hydrogen (secondary N) is 2. The van der Waals surface area contributed by atoms with Crippen LogP contribution < -0.4 is 21.1 Å². The van der Waals surface area contributed by atoms with Crippen molar-refractivity contribution in [3.05, 3.63) is 52.7 Å². The highest BCUT2D eigenvalue weighted by Gasteiger charge is 2.35. The van der Waals surface area contributed by atoms with E-state index in [4.69, 9.17) is 29.6 Å². The lowest BCUT2D eigenvalue weighted by Crippen LogP contribution is -2.45. The van der Waals surface area contributed by atoms with E-state index >= 15 is 0 Å². The number of anilines is 2. The molecule has 3 aromatic rings. The molecule has 9 nitrogen and oxygen atoms in total. The van der Waals surface area contributed by atoms with Crippen LogP contribution in [-0.4, -0.2) is 42.5 Å². The Labute approximate surface area is 211 Å². The molecule has 2 unspecified atom stereocenters. The summed E-state index contributed by atoms with van der Waals surface area (Å²) >= 11 is 0. The van der Waals surface area contributed by atoms with Gasteiger partial charge >= 0.3 is 0 Å². The average Bonchev–Trinajstić information content (AvgIpc) is 3.42. The van der Waals surface area contributed by atoms with Crippen LogP contribution in [0.2, 0.25) is 0 Å². The maximum Gasteiger partial charge on any atom is 0.212 e. The van der Waals surface area contributed by atoms with E-state index in [-0.39, 0.29) is 5.41 Å². The zero-order chi connectivity index (χ0) is 25.5. The normalized spacial score (nSPS) is 22.8. The van der Waals surface area contributed by atoms with Crippen LogP contribution in [0.1, 0.15) is 48.7 Å². The van der Waals surface area contributed by atoms with Crippen molar-refractivity contribution in [2.45, 2.75) is 46.8 Å². The minimum atomic E-state index is -1.24. The molecule has 0 radical (unpaired) electrons. The number of nitrogens with two attached hydrogens (primary N) is 1. The van der Waals surface area contributed by atoms with Gasteiger partial charge in [-0.1, -0.05) is 13.0 Å². The molecule has 2 aliphatic heterocycles. The molecule has 190 valence electrons. The number of rotatable bonds is 7. The van der Waals surface area contributed by atoms with Gasteiger partial charge in [-0.25, -0.2) is 15.0 Å². The predicted octanol–water partition coefficient (Wildman–Crippen LogP) is 4.51. The Morgan fingerprint density at radius 2 is 2.03 bits per heavy atom. The number of fused-ring (bicyclic) bond motifs is 1. The van der Waals surface area contributed by atoms with E-state index in [0.29, 0.717) is 18.2 Å². The van der Waals surface area contributed by atoms with Crippen LogP contribution in [-0.2, 0) is 10.5 Å². The number of nitrogens with zero attached hydrogens (tertiary/aromatic N) is 3. The second-order valence-corrected chi connectivity index (χ2v) is 9.97. The van der Waals surface area contributed by atoms with Crippen LogP contribution in [0.4, 0.5) is 11.5 Å². The molecular formula is C27H34N6O3. The molecule has 4 N–H and O–H groups in total. The fourth-order valence-electron chi connectivity index (χ4n) is 4.79. The molecule has 1 aromatic carbocycles. The molecule has 0 amide bonds. The van der Waals surface area contributed by atoms with Crippen molar-refractivity contribution in [3.63, 3.8) is 0 Å². The lowest BCUT2D eigenvalue weighted by Gasteiger charge is -2.34. The Kier molecular flexibility index (Phi) is 6.22. The maximum absolute atomic E-state index is 6.90. The molecule has 2 aromatic heterocycles. The second-order valence-electron chi connectivity index (χ2n) is 9.97. The summed E-state index contributed by atoms with van der Waals surface area (Å²) in [5.41, 5.74) is 12.0. The molecular weight excluding hydrogens is 456 g/mol. The van der Waals surface area contributed by atoms with Gasteiger partial charge in [-0.2, -0.15) is 0 Å². The van der Waals surface area contributed by atoms with Gasteiger partial charge in [0.2, 0.25) is 5.79 Å². The molecule has 0 bridgehead atoms. The van der Waals surface area contributed by atoms with Crippen molar-refractivity contribution >= 4 is 17.7 Å². The molecule has 2 aliphatic rings. The van der Waals surface area contributed by atoms with Gasteiger partial charge in [-0.05, 0) is 45.4 Å². The molecule has 5 rings (SSSR count). The zero-order valence-corrected chi connectivity index (χ0v) is 21.6. The summed E-state index contributed by atoms with van der Waals surface area (Å²) in [6.07, 6.45) is 2.82. The number of aryl methyl sites for hydroxylation is 3. The highest BCUT2D eigenvalue weighted by molar-refractivity contribution is 5.94. The van der Waals surface area contributed by atoms with Crippen molar-refractivity contribution in [1.29, 1.82) is 0 Å². The maximum atomic E-state index is 6.90. The minimum absolute atomic E-state index is 0.0659. The van der Waals surface area contributed by atoms with Gasteiger partial charge in [0, 0.05) is 48.5 Å². The van der Waals surface area contributed by atoms with E-state index < -0.39 is 5.79 Å². The highest BCUT2D eigenvalue weighted by Crippen LogP contribution is 2.40. The lowest BCUT2D eigenvalue weighted by molar-refractivity contribution is 0.164. The van der Waals surface area contributed by atoms with Crippen LogP contribution in [0, 0.1) is 26.2 Å². The lowest BCUT2D eigenvalue weighted by atomic mass is 9.90. The van der Waals surface area contributed by atoms with Gasteiger partial charge in [-0.3, -0.25) is 5.73 Å². The highest BCUT2D eigenvalue weighted by atomic mass is 16.5. The van der Waals surface area contributed by atoms with E-state index in [0.717, 1.165) is 71.5 Å². The third kappa shape index (κ3) is 4.56. The van der Waals surface area contributed by atoms with Crippen LogP contribution in [0.5, 0.6) is 5.75 Å². The van der Waals surface area contributed by atoms with E-state index in [1.54, 1.807) is 6.21 Å². The second kappa shape index (κ2) is 9.22. The van der Waals surface area contributed by atoms with Crippen molar-refractivity contribution < 1.29 is 13.9 Å². The molecule has 0 spiro atoms. The van der Waals surface area contributed by atoms with Gasteiger partial charge < -0.3 is 24.5 Å². The summed E-state index contributed by atoms with van der Waals surface area (Å²) in [7, 11) is 0. The summed E-state index contributed by atoms with van der Waals surface area (Å²) < 4.78 is 17.3. The third-order valence-corrected chi connectivity index (χ3v) is 6.75. The van der Waals surface area contributed by atoms with Gasteiger partial charge in [-0.15, -0.1) is 0 Å². The first-order valence-electron chi connectivity index (χ1n) is 12.4. The molecule has 4 heterocycles. The number of hydrogen-bond acceptors (Lipinski definition) is 9. The number of pyridine rings is 1. The predicted molar refractivity (Wildman–Crippen MR) is 141 cm³/mol. The van der Waals surface area contributed by atoms with Crippen LogP contribution in [0.3, 0.4) is 0 Å². The summed E-state index contributed by atoms with van der Waals surface area (Å²) in [5, 5.41) is 7.00. The van der Waals surface area contributed by atoms with Crippen LogP contribution in [0.15, 0.2) is 33.7 Å². The van der Waals surface area contributed by atoms with E-state index in [1.165, 1.54) is 0 Å². The summed E-state index contributed by atoms with van der Waals surface area (Å²) in [6.45, 7) is 12.6. The minimum Gasteiger partial charge on any atom is -0.493 e. The van der Waals surface area contributed by atoms with Crippen LogP contribution >= 0.6 is 0 Å². The Morgan fingerprint density at radius 1 is 1.19 bits per heavy atom. The zero-order valence-electron chi connectivity index (χ0n) is 21.6. The quantitative estimate of drug-likeness (QED) is 0.442. The number of ether oxygens (including phenoxy) is 2. The number of aromatic nitrogens is 2. The number of aliphatic imine (C=N–C) groups is 1. The Morgan fingerprint density at radius 3 is 2.72 bits per heavy atom. The Bertz CT molecular complexity index is 1310. The molecule has 0 aliphatic carbocycles. The summed E-state index contributed by atoms with van der Waals surface area (Å²) in [6, 6.07) is 7.85. The topological polar surface area (TPSA) is 120 Å². The van der Waals surface area contributed by atoms with Crippen LogP contribution in [0.25, 0.3) is 11.3 Å². The van der Waals surface area contributed by atoms with Crippen molar-refractivity contribution in [2.24, 2.45) is 16.1 Å². The SMILES string of the molecule is CCOc1cc(-c2nc(C)oc2C)ccc1C1(N)N=Cc2cc(C)nc(NCC3(C)CCOC3)c2N1. The molecule has 2 atom stereocenters. The Hall–Kier alpha value is -3.43. The van der Waals surface area contributed by atoms with Gasteiger partial charge in [0.15, 0.2) is 11.7 Å². The molecule has 1 fully saturated rings. The number of benzene rings is 1. The van der Waals surface area contributed by atoms with Crippen molar-refractivity contribution in [2.75, 3.05) is 37.0 Å². The first-order chi connectivity index (χ1) is 17.2. The molecule has 0 saturated carbocycles. The first-order valence-corrected chi connectivity index (χ1v) is 12.4. The fourth-order valence-corrected chi connectivity index (χ4v) is 4.79. The number of hydrogen-bond donors (Lipinski definition) is 3. The molecule has 1 saturated heterocycles. The van der Waals surface area contributed by atoms with E-state index in [2.05, 4.69) is 22.5 Å². The monoisotopic (exact) mass is 490 g/mol. The summed E-state index contributed by atoms with van der Waals surface area (Å²) in [5.74, 6) is 1.53. The van der Waals surface area contributed by atoms with Gasteiger partial charge in [0.05, 0.1) is 24.5 Å². The largest absolute Gasteiger partial charge is 0.493 e. The van der Waals surface area contributed by atoms with Crippen molar-refractivity contribution in [1.82, 2.24) is 9.97 Å². The molecule has 9 heteroatoms. The van der Waals surface area contributed by atoms with Crippen molar-refractivity contribution in [3.8, 4) is 17.0 Å². The fraction of sp³-hybridized carbons (Fsp3) is 0.444. The smallest absolute Gasteiger partial charge is 0.212 e. The first kappa shape index (κ1) is 24.3. The standard InChI is InChI=1S/C27H34N6O3/c1-6-35-22-12-19(23-17(3)36-18(4)32-23)7-8-21(22)27(28)30-13-20-11-16(2)31-25(24(20)33-27)29-14-26(5)9-10-34-15-26/h7-8,11-13,33H,6,9-10,14-15,28H2,1-5H3,(H,29,31). The summed E-state index contributed by atoms with van der Waals surface area (Å²) in [4.78, 5) is 14.0. The molecule has 36 heavy (non-hydrogen) atoms. The average molecular weight is 491 g/mol. The van der Waals surface area contributed by atoms with Gasteiger partial charge in [0.25, 0.3) is 0 Å².